The molecule has 0 aromatic rings. The van der Waals surface area contributed by atoms with Crippen molar-refractivity contribution in [3.63, 3.8) is 0 Å². The first-order chi connectivity index (χ1) is 7.22. The monoisotopic (exact) mass is 231 g/mol. The zero-order valence-corrected chi connectivity index (χ0v) is 10.2. The largest absolute Gasteiger partial charge is 0.354 e. The van der Waals surface area contributed by atoms with E-state index in [9.17, 15) is 4.79 Å². The van der Waals surface area contributed by atoms with Gasteiger partial charge >= 0.3 is 0 Å². The average Bonchev–Trinajstić information content (AvgIpc) is 2.22. The molecule has 0 spiro atoms. The molecule has 0 atom stereocenters. The van der Waals surface area contributed by atoms with Crippen molar-refractivity contribution >= 4 is 17.7 Å². The lowest BCUT2D eigenvalue weighted by molar-refractivity contribution is -0.122. The number of hydrogen-bond acceptors (Lipinski definition) is 4. The van der Waals surface area contributed by atoms with Gasteiger partial charge in [0, 0.05) is 31.4 Å². The predicted octanol–water partition coefficient (Wildman–Crippen LogP) is -0.111. The van der Waals surface area contributed by atoms with Crippen molar-refractivity contribution in [3.8, 4) is 0 Å². The fraction of sp³-hybridized carbons (Fsp3) is 0.900. The number of nitrogens with one attached hydrogen (secondary N) is 1. The number of rotatable bonds is 5. The van der Waals surface area contributed by atoms with Crippen LogP contribution in [0.3, 0.4) is 0 Å². The van der Waals surface area contributed by atoms with Crippen LogP contribution < -0.4 is 11.1 Å². The maximum Gasteiger partial charge on any atom is 0.234 e. The molecule has 1 fully saturated rings. The number of piperidine rings is 1. The smallest absolute Gasteiger partial charge is 0.234 e. The van der Waals surface area contributed by atoms with Gasteiger partial charge in [0.05, 0.1) is 6.54 Å². The second kappa shape index (κ2) is 7.09. The zero-order valence-electron chi connectivity index (χ0n) is 9.37. The van der Waals surface area contributed by atoms with Crippen LogP contribution in [0.2, 0.25) is 0 Å². The van der Waals surface area contributed by atoms with Crippen LogP contribution in [0.15, 0.2) is 0 Å². The minimum Gasteiger partial charge on any atom is -0.354 e. The van der Waals surface area contributed by atoms with E-state index < -0.39 is 0 Å². The maximum absolute atomic E-state index is 11.5. The standard InChI is InChI=1S/C10H21N3OS/c1-15-7-4-12-10(14)8-13-5-2-9(11)3-6-13/h9H,2-8,11H2,1H3,(H,12,14). The molecule has 1 amide bonds. The summed E-state index contributed by atoms with van der Waals surface area (Å²) in [6.45, 7) is 3.21. The van der Waals surface area contributed by atoms with Crippen LogP contribution >= 0.6 is 11.8 Å². The first-order valence-electron chi connectivity index (χ1n) is 5.46. The lowest BCUT2D eigenvalue weighted by Gasteiger charge is -2.29. The van der Waals surface area contributed by atoms with Crippen LogP contribution in [0.5, 0.6) is 0 Å². The van der Waals surface area contributed by atoms with Crippen molar-refractivity contribution in [1.29, 1.82) is 0 Å². The second-order valence-electron chi connectivity index (χ2n) is 3.96. The highest BCUT2D eigenvalue weighted by Gasteiger charge is 2.17. The summed E-state index contributed by atoms with van der Waals surface area (Å²) in [5.74, 6) is 1.12. The Labute approximate surface area is 96.0 Å². The van der Waals surface area contributed by atoms with Gasteiger partial charge in [-0.05, 0) is 19.1 Å². The molecule has 1 rings (SSSR count). The van der Waals surface area contributed by atoms with Crippen LogP contribution in [0.25, 0.3) is 0 Å². The third-order valence-corrected chi connectivity index (χ3v) is 3.24. The molecule has 0 radical (unpaired) electrons. The number of carbonyl (C=O) groups is 1. The summed E-state index contributed by atoms with van der Waals surface area (Å²) in [5.41, 5.74) is 5.80. The van der Waals surface area contributed by atoms with Crippen molar-refractivity contribution in [3.05, 3.63) is 0 Å². The Hall–Kier alpha value is -0.260. The van der Waals surface area contributed by atoms with Gasteiger partial charge < -0.3 is 11.1 Å². The average molecular weight is 231 g/mol. The fourth-order valence-corrected chi connectivity index (χ4v) is 1.97. The van der Waals surface area contributed by atoms with Gasteiger partial charge in [-0.3, -0.25) is 9.69 Å². The maximum atomic E-state index is 11.5. The molecule has 0 aliphatic carbocycles. The van der Waals surface area contributed by atoms with Crippen molar-refractivity contribution in [2.24, 2.45) is 5.73 Å². The van der Waals surface area contributed by atoms with Gasteiger partial charge in [0.25, 0.3) is 0 Å². The van der Waals surface area contributed by atoms with Gasteiger partial charge in [0.1, 0.15) is 0 Å². The Balaban J connectivity index is 2.09. The van der Waals surface area contributed by atoms with Gasteiger partial charge in [0.2, 0.25) is 5.91 Å². The molecule has 0 unspecified atom stereocenters. The highest BCUT2D eigenvalue weighted by Crippen LogP contribution is 2.07. The molecule has 4 nitrogen and oxygen atoms in total. The summed E-state index contributed by atoms with van der Waals surface area (Å²) in [6.07, 6.45) is 4.06. The Morgan fingerprint density at radius 1 is 1.53 bits per heavy atom. The number of likely N-dealkylation sites (tertiary alicyclic amines) is 1. The zero-order chi connectivity index (χ0) is 11.1. The third kappa shape index (κ3) is 5.39. The predicted molar refractivity (Wildman–Crippen MR) is 65.0 cm³/mol. The molecule has 1 heterocycles. The quantitative estimate of drug-likeness (QED) is 0.648. The van der Waals surface area contributed by atoms with Crippen LogP contribution in [-0.4, -0.2) is 55.0 Å². The molecule has 1 aliphatic heterocycles. The molecule has 5 heteroatoms. The minimum absolute atomic E-state index is 0.138. The lowest BCUT2D eigenvalue weighted by atomic mass is 10.1. The molecule has 1 saturated heterocycles. The van der Waals surface area contributed by atoms with Gasteiger partial charge in [-0.2, -0.15) is 11.8 Å². The SMILES string of the molecule is CSCCNC(=O)CN1CCC(N)CC1. The van der Waals surface area contributed by atoms with Crippen LogP contribution in [0.4, 0.5) is 0 Å². The summed E-state index contributed by atoms with van der Waals surface area (Å²) in [7, 11) is 0. The third-order valence-electron chi connectivity index (χ3n) is 2.63. The van der Waals surface area contributed by atoms with Crippen molar-refractivity contribution in [2.75, 3.05) is 38.2 Å². The topological polar surface area (TPSA) is 58.4 Å². The molecule has 88 valence electrons. The summed E-state index contributed by atoms with van der Waals surface area (Å²) >= 11 is 1.75. The van der Waals surface area contributed by atoms with E-state index in [4.69, 9.17) is 5.73 Å². The Bertz CT molecular complexity index is 193. The van der Waals surface area contributed by atoms with E-state index in [-0.39, 0.29) is 5.91 Å². The molecule has 15 heavy (non-hydrogen) atoms. The molecule has 3 N–H and O–H groups in total. The van der Waals surface area contributed by atoms with E-state index in [2.05, 4.69) is 10.2 Å². The van der Waals surface area contributed by atoms with Crippen LogP contribution in [0, 0.1) is 0 Å². The van der Waals surface area contributed by atoms with Crippen molar-refractivity contribution in [2.45, 2.75) is 18.9 Å². The molecule has 0 aromatic heterocycles. The van der Waals surface area contributed by atoms with Gasteiger partial charge in [-0.15, -0.1) is 0 Å². The molecule has 1 aliphatic rings. The number of nitrogens with zero attached hydrogens (tertiary/aromatic N) is 1. The molecular formula is C10H21N3OS. The number of nitrogens with two attached hydrogens (primary N) is 1. The lowest BCUT2D eigenvalue weighted by Crippen LogP contribution is -2.44. The summed E-state index contributed by atoms with van der Waals surface area (Å²) < 4.78 is 0. The van der Waals surface area contributed by atoms with E-state index in [0.29, 0.717) is 12.6 Å². The number of carbonyl (C=O) groups excluding carboxylic acids is 1. The highest BCUT2D eigenvalue weighted by atomic mass is 32.2. The fourth-order valence-electron chi connectivity index (χ4n) is 1.66. The van der Waals surface area contributed by atoms with Gasteiger partial charge in [0.15, 0.2) is 0 Å². The summed E-state index contributed by atoms with van der Waals surface area (Å²) in [4.78, 5) is 13.7. The number of hydrogen-bond donors (Lipinski definition) is 2. The normalized spacial score (nSPS) is 19.1. The van der Waals surface area contributed by atoms with Crippen molar-refractivity contribution < 1.29 is 4.79 Å². The van der Waals surface area contributed by atoms with E-state index in [1.807, 2.05) is 6.26 Å². The summed E-state index contributed by atoms with van der Waals surface area (Å²) in [6, 6.07) is 0.334. The first-order valence-corrected chi connectivity index (χ1v) is 6.85. The van der Waals surface area contributed by atoms with Crippen LogP contribution in [-0.2, 0) is 4.79 Å². The molecule has 0 bridgehead atoms. The van der Waals surface area contributed by atoms with E-state index in [1.165, 1.54) is 0 Å². The second-order valence-corrected chi connectivity index (χ2v) is 4.94. The Morgan fingerprint density at radius 3 is 2.80 bits per heavy atom. The van der Waals surface area contributed by atoms with Crippen molar-refractivity contribution in [1.82, 2.24) is 10.2 Å². The Kier molecular flexibility index (Phi) is 6.05. The first kappa shape index (κ1) is 12.8. The minimum atomic E-state index is 0.138. The van der Waals surface area contributed by atoms with Gasteiger partial charge in [-0.25, -0.2) is 0 Å². The highest BCUT2D eigenvalue weighted by molar-refractivity contribution is 7.98. The number of thioether (sulfide) groups is 1. The Morgan fingerprint density at radius 2 is 2.20 bits per heavy atom. The van der Waals surface area contributed by atoms with E-state index in [0.717, 1.165) is 38.2 Å². The van der Waals surface area contributed by atoms with E-state index >= 15 is 0 Å². The number of amides is 1. The molecule has 0 saturated carbocycles. The molecular weight excluding hydrogens is 210 g/mol. The molecule has 0 aromatic carbocycles. The van der Waals surface area contributed by atoms with Crippen LogP contribution in [0.1, 0.15) is 12.8 Å². The van der Waals surface area contributed by atoms with Gasteiger partial charge in [-0.1, -0.05) is 0 Å². The van der Waals surface area contributed by atoms with E-state index in [1.54, 1.807) is 11.8 Å². The summed E-state index contributed by atoms with van der Waals surface area (Å²) in [5, 5.41) is 2.91.